The van der Waals surface area contributed by atoms with Gasteiger partial charge in [-0.25, -0.2) is 4.79 Å². The topological polar surface area (TPSA) is 58.4 Å². The third kappa shape index (κ3) is 2.21. The molecule has 2 rings (SSSR count). The van der Waals surface area contributed by atoms with E-state index < -0.39 is 0 Å². The molecule has 15 heavy (non-hydrogen) atoms. The van der Waals surface area contributed by atoms with Gasteiger partial charge in [-0.05, 0) is 18.1 Å². The number of benzene rings is 1. The lowest BCUT2D eigenvalue weighted by Gasteiger charge is -2.27. The minimum atomic E-state index is 0.00417. The van der Waals surface area contributed by atoms with E-state index in [1.54, 1.807) is 4.90 Å². The molecule has 0 bridgehead atoms. The van der Waals surface area contributed by atoms with Crippen LogP contribution in [0.4, 0.5) is 10.5 Å². The van der Waals surface area contributed by atoms with Gasteiger partial charge < -0.3 is 16.0 Å². The Bertz CT molecular complexity index is 365. The molecule has 4 nitrogen and oxygen atoms in total. The second-order valence-electron chi connectivity index (χ2n) is 3.71. The van der Waals surface area contributed by atoms with Crippen molar-refractivity contribution in [3.63, 3.8) is 0 Å². The van der Waals surface area contributed by atoms with Gasteiger partial charge in [-0.15, -0.1) is 0 Å². The summed E-state index contributed by atoms with van der Waals surface area (Å²) in [5, 5.41) is 2.82. The van der Waals surface area contributed by atoms with E-state index >= 15 is 0 Å². The fraction of sp³-hybridized carbons (Fsp3) is 0.364. The second kappa shape index (κ2) is 4.21. The maximum atomic E-state index is 11.5. The van der Waals surface area contributed by atoms with Gasteiger partial charge in [0, 0.05) is 25.3 Å². The van der Waals surface area contributed by atoms with E-state index in [0.29, 0.717) is 6.54 Å². The van der Waals surface area contributed by atoms with E-state index in [1.807, 2.05) is 24.3 Å². The first-order chi connectivity index (χ1) is 7.27. The molecule has 1 aliphatic rings. The fourth-order valence-electron chi connectivity index (χ4n) is 1.71. The molecular weight excluding hydrogens is 190 g/mol. The Morgan fingerprint density at radius 2 is 2.20 bits per heavy atom. The first-order valence-electron chi connectivity index (χ1n) is 5.13. The molecule has 0 radical (unpaired) electrons. The summed E-state index contributed by atoms with van der Waals surface area (Å²) < 4.78 is 0. The summed E-state index contributed by atoms with van der Waals surface area (Å²) in [6, 6.07) is 7.65. The highest BCUT2D eigenvalue weighted by molar-refractivity contribution is 5.75. The fourth-order valence-corrected chi connectivity index (χ4v) is 1.71. The van der Waals surface area contributed by atoms with Crippen LogP contribution in [0, 0.1) is 0 Å². The Morgan fingerprint density at radius 3 is 2.93 bits per heavy atom. The van der Waals surface area contributed by atoms with Gasteiger partial charge in [-0.1, -0.05) is 18.2 Å². The first-order valence-corrected chi connectivity index (χ1v) is 5.13. The Balaban J connectivity index is 2.08. The maximum absolute atomic E-state index is 11.5. The molecule has 0 spiro atoms. The average Bonchev–Trinajstić information content (AvgIpc) is 2.24. The van der Waals surface area contributed by atoms with Crippen molar-refractivity contribution in [1.29, 1.82) is 0 Å². The molecule has 0 aromatic heterocycles. The number of carbonyl (C=O) groups excluding carboxylic acids is 1. The predicted octanol–water partition coefficient (Wildman–Crippen LogP) is 1.18. The number of carbonyl (C=O) groups is 1. The Kier molecular flexibility index (Phi) is 2.76. The molecule has 4 heteroatoms. The molecule has 3 N–H and O–H groups in total. The average molecular weight is 205 g/mol. The minimum absolute atomic E-state index is 0.00417. The molecule has 1 fully saturated rings. The number of hydrogen-bond acceptors (Lipinski definition) is 2. The van der Waals surface area contributed by atoms with Crippen molar-refractivity contribution in [2.45, 2.75) is 13.0 Å². The van der Waals surface area contributed by atoms with Crippen molar-refractivity contribution < 1.29 is 4.79 Å². The summed E-state index contributed by atoms with van der Waals surface area (Å²) >= 11 is 0. The van der Waals surface area contributed by atoms with Crippen LogP contribution in [-0.2, 0) is 6.54 Å². The maximum Gasteiger partial charge on any atom is 0.317 e. The molecule has 0 saturated carbocycles. The monoisotopic (exact) mass is 205 g/mol. The van der Waals surface area contributed by atoms with E-state index in [0.717, 1.165) is 30.8 Å². The van der Waals surface area contributed by atoms with Crippen molar-refractivity contribution in [3.8, 4) is 0 Å². The number of nitrogens with two attached hydrogens (primary N) is 1. The van der Waals surface area contributed by atoms with Crippen LogP contribution in [0.5, 0.6) is 0 Å². The van der Waals surface area contributed by atoms with Gasteiger partial charge in [0.15, 0.2) is 0 Å². The van der Waals surface area contributed by atoms with E-state index in [4.69, 9.17) is 5.73 Å². The number of hydrogen-bond donors (Lipinski definition) is 2. The lowest BCUT2D eigenvalue weighted by molar-refractivity contribution is 0.183. The largest absolute Gasteiger partial charge is 0.398 e. The van der Waals surface area contributed by atoms with Crippen LogP contribution in [0.2, 0.25) is 0 Å². The van der Waals surface area contributed by atoms with Crippen molar-refractivity contribution in [2.24, 2.45) is 0 Å². The molecular formula is C11H15N3O. The number of nitrogens with zero attached hydrogens (tertiary/aromatic N) is 1. The number of nitrogen functional groups attached to an aromatic ring is 1. The Hall–Kier alpha value is -1.71. The third-order valence-corrected chi connectivity index (χ3v) is 2.58. The predicted molar refractivity (Wildman–Crippen MR) is 59.3 cm³/mol. The lowest BCUT2D eigenvalue weighted by atomic mass is 10.1. The molecule has 80 valence electrons. The molecule has 2 amide bonds. The summed E-state index contributed by atoms with van der Waals surface area (Å²) in [6.45, 7) is 2.18. The first kappa shape index (κ1) is 9.83. The zero-order valence-electron chi connectivity index (χ0n) is 8.57. The number of anilines is 1. The molecule has 1 aromatic rings. The van der Waals surface area contributed by atoms with Crippen molar-refractivity contribution in [1.82, 2.24) is 10.2 Å². The van der Waals surface area contributed by atoms with Gasteiger partial charge in [0.05, 0.1) is 0 Å². The Labute approximate surface area is 89.1 Å². The van der Waals surface area contributed by atoms with Crippen LogP contribution in [0.25, 0.3) is 0 Å². The highest BCUT2D eigenvalue weighted by Crippen LogP contribution is 2.14. The zero-order chi connectivity index (χ0) is 10.7. The summed E-state index contributed by atoms with van der Waals surface area (Å²) in [5.74, 6) is 0. The van der Waals surface area contributed by atoms with Crippen LogP contribution < -0.4 is 11.1 Å². The molecule has 0 aliphatic carbocycles. The summed E-state index contributed by atoms with van der Waals surface area (Å²) in [4.78, 5) is 13.3. The summed E-state index contributed by atoms with van der Waals surface area (Å²) in [5.41, 5.74) is 7.58. The molecule has 1 heterocycles. The van der Waals surface area contributed by atoms with Gasteiger partial charge >= 0.3 is 6.03 Å². The van der Waals surface area contributed by atoms with E-state index in [1.165, 1.54) is 0 Å². The molecule has 0 atom stereocenters. The highest BCUT2D eigenvalue weighted by Gasteiger charge is 2.17. The van der Waals surface area contributed by atoms with Gasteiger partial charge in [-0.2, -0.15) is 0 Å². The van der Waals surface area contributed by atoms with Gasteiger partial charge in [0.1, 0.15) is 0 Å². The normalized spacial score (nSPS) is 16.3. The van der Waals surface area contributed by atoms with Crippen LogP contribution in [0.15, 0.2) is 24.3 Å². The quantitative estimate of drug-likeness (QED) is 0.712. The van der Waals surface area contributed by atoms with Crippen LogP contribution in [0.1, 0.15) is 12.0 Å². The SMILES string of the molecule is Nc1ccccc1CN1CCCNC1=O. The lowest BCUT2D eigenvalue weighted by Crippen LogP contribution is -2.45. The van der Waals surface area contributed by atoms with Gasteiger partial charge in [0.2, 0.25) is 0 Å². The molecule has 1 aromatic carbocycles. The van der Waals surface area contributed by atoms with Crippen molar-refractivity contribution >= 4 is 11.7 Å². The highest BCUT2D eigenvalue weighted by atomic mass is 16.2. The van der Waals surface area contributed by atoms with E-state index in [-0.39, 0.29) is 6.03 Å². The van der Waals surface area contributed by atoms with Crippen LogP contribution in [0.3, 0.4) is 0 Å². The van der Waals surface area contributed by atoms with E-state index in [9.17, 15) is 4.79 Å². The molecule has 1 aliphatic heterocycles. The van der Waals surface area contributed by atoms with E-state index in [2.05, 4.69) is 5.32 Å². The standard InChI is InChI=1S/C11H15N3O/c12-10-5-2-1-4-9(10)8-14-7-3-6-13-11(14)15/h1-2,4-5H,3,6-8,12H2,(H,13,15). The number of amides is 2. The van der Waals surface area contributed by atoms with Crippen LogP contribution in [-0.4, -0.2) is 24.0 Å². The third-order valence-electron chi connectivity index (χ3n) is 2.58. The number of para-hydroxylation sites is 1. The number of nitrogens with one attached hydrogen (secondary N) is 1. The number of urea groups is 1. The zero-order valence-corrected chi connectivity index (χ0v) is 8.57. The summed E-state index contributed by atoms with van der Waals surface area (Å²) in [7, 11) is 0. The van der Waals surface area contributed by atoms with Crippen molar-refractivity contribution in [2.75, 3.05) is 18.8 Å². The smallest absolute Gasteiger partial charge is 0.317 e. The van der Waals surface area contributed by atoms with Crippen LogP contribution >= 0.6 is 0 Å². The number of rotatable bonds is 2. The molecule has 1 saturated heterocycles. The minimum Gasteiger partial charge on any atom is -0.398 e. The molecule has 0 unspecified atom stereocenters. The van der Waals surface area contributed by atoms with Gasteiger partial charge in [-0.3, -0.25) is 0 Å². The Morgan fingerprint density at radius 1 is 1.40 bits per heavy atom. The summed E-state index contributed by atoms with van der Waals surface area (Å²) in [6.07, 6.45) is 0.998. The van der Waals surface area contributed by atoms with Crippen molar-refractivity contribution in [3.05, 3.63) is 29.8 Å². The second-order valence-corrected chi connectivity index (χ2v) is 3.71. The van der Waals surface area contributed by atoms with Gasteiger partial charge in [0.25, 0.3) is 0 Å².